The zero-order valence-electron chi connectivity index (χ0n) is 15.9. The first kappa shape index (κ1) is 22.6. The molecule has 0 aliphatic heterocycles. The van der Waals surface area contributed by atoms with Crippen molar-refractivity contribution in [2.75, 3.05) is 10.6 Å². The molecular weight excluding hydrogens is 415 g/mol. The lowest BCUT2D eigenvalue weighted by atomic mass is 10.2. The van der Waals surface area contributed by atoms with Crippen molar-refractivity contribution in [1.82, 2.24) is 0 Å². The number of amides is 2. The minimum Gasteiger partial charge on any atom is -0.326 e. The molecule has 150 valence electrons. The minimum atomic E-state index is -0.305. The summed E-state index contributed by atoms with van der Waals surface area (Å²) < 4.78 is 0. The van der Waals surface area contributed by atoms with Crippen LogP contribution in [0.3, 0.4) is 0 Å². The molecule has 2 rings (SSSR count). The molecule has 0 radical (unpaired) electrons. The molecule has 1 atom stereocenters. The molecule has 0 aliphatic rings. The van der Waals surface area contributed by atoms with E-state index < -0.39 is 0 Å². The van der Waals surface area contributed by atoms with Crippen molar-refractivity contribution in [2.45, 2.75) is 49.7 Å². The number of carbonyl (C=O) groups is 2. The van der Waals surface area contributed by atoms with Gasteiger partial charge in [0.2, 0.25) is 11.8 Å². The van der Waals surface area contributed by atoms with Gasteiger partial charge in [-0.1, -0.05) is 55.6 Å². The number of halogens is 2. The molecule has 2 amide bonds. The Morgan fingerprint density at radius 3 is 2.54 bits per heavy atom. The van der Waals surface area contributed by atoms with Crippen molar-refractivity contribution in [3.8, 4) is 0 Å². The number of thioether (sulfide) groups is 1. The van der Waals surface area contributed by atoms with Gasteiger partial charge in [0.05, 0.1) is 21.0 Å². The molecule has 0 aromatic heterocycles. The van der Waals surface area contributed by atoms with Crippen LogP contribution in [0.5, 0.6) is 0 Å². The maximum absolute atomic E-state index is 12.7. The molecular formula is C21H24Cl2N2O2S. The van der Waals surface area contributed by atoms with E-state index in [4.69, 9.17) is 23.2 Å². The molecule has 0 spiro atoms. The van der Waals surface area contributed by atoms with Gasteiger partial charge in [-0.05, 0) is 43.2 Å². The predicted molar refractivity (Wildman–Crippen MR) is 120 cm³/mol. The highest BCUT2D eigenvalue weighted by Crippen LogP contribution is 2.32. The molecule has 0 aliphatic carbocycles. The van der Waals surface area contributed by atoms with E-state index >= 15 is 0 Å². The van der Waals surface area contributed by atoms with Gasteiger partial charge in [-0.25, -0.2) is 0 Å². The summed E-state index contributed by atoms with van der Waals surface area (Å²) in [6.45, 7) is 4.00. The quantitative estimate of drug-likeness (QED) is 0.431. The average Bonchev–Trinajstić information content (AvgIpc) is 2.68. The summed E-state index contributed by atoms with van der Waals surface area (Å²) in [6, 6.07) is 12.7. The first-order valence-electron chi connectivity index (χ1n) is 9.26. The number of benzene rings is 2. The third-order valence-electron chi connectivity index (χ3n) is 4.03. The highest BCUT2D eigenvalue weighted by molar-refractivity contribution is 8.00. The second-order valence-corrected chi connectivity index (χ2v) is 8.35. The van der Waals surface area contributed by atoms with Crippen LogP contribution in [0, 0.1) is 0 Å². The van der Waals surface area contributed by atoms with E-state index in [1.54, 1.807) is 18.2 Å². The van der Waals surface area contributed by atoms with Crippen LogP contribution in [0.2, 0.25) is 10.0 Å². The predicted octanol–water partition coefficient (Wildman–Crippen LogP) is 6.63. The Labute approximate surface area is 180 Å². The summed E-state index contributed by atoms with van der Waals surface area (Å²) in [5.74, 6) is -0.140. The number of rotatable bonds is 9. The molecule has 0 saturated carbocycles. The fourth-order valence-electron chi connectivity index (χ4n) is 2.51. The maximum Gasteiger partial charge on any atom is 0.237 e. The summed E-state index contributed by atoms with van der Waals surface area (Å²) >= 11 is 13.6. The molecule has 4 nitrogen and oxygen atoms in total. The zero-order valence-corrected chi connectivity index (χ0v) is 18.3. The topological polar surface area (TPSA) is 58.2 Å². The van der Waals surface area contributed by atoms with Crippen LogP contribution in [0.4, 0.5) is 11.4 Å². The van der Waals surface area contributed by atoms with Crippen LogP contribution in [-0.2, 0) is 9.59 Å². The first-order valence-corrected chi connectivity index (χ1v) is 10.9. The van der Waals surface area contributed by atoms with Crippen LogP contribution in [-0.4, -0.2) is 17.1 Å². The van der Waals surface area contributed by atoms with Gasteiger partial charge in [0, 0.05) is 17.0 Å². The van der Waals surface area contributed by atoms with Crippen LogP contribution < -0.4 is 10.6 Å². The zero-order chi connectivity index (χ0) is 20.5. The standard InChI is InChI=1S/C21H24Cl2N2O2S/c1-3-5-12-19(26)24-14-8-6-9-15(13-14)28-18(4-2)21(27)25-17-11-7-10-16(22)20(17)23/h6-11,13,18H,3-5,12H2,1-2H3,(H,24,26)(H,25,27). The smallest absolute Gasteiger partial charge is 0.237 e. The van der Waals surface area contributed by atoms with Crippen molar-refractivity contribution in [1.29, 1.82) is 0 Å². The number of unbranched alkanes of at least 4 members (excludes halogenated alkanes) is 1. The number of hydrogen-bond donors (Lipinski definition) is 2. The minimum absolute atomic E-state index is 0.00406. The lowest BCUT2D eigenvalue weighted by molar-refractivity contribution is -0.116. The second-order valence-electron chi connectivity index (χ2n) is 6.28. The molecule has 7 heteroatoms. The number of nitrogens with one attached hydrogen (secondary N) is 2. The van der Waals surface area contributed by atoms with Gasteiger partial charge in [-0.15, -0.1) is 11.8 Å². The SMILES string of the molecule is CCCCC(=O)Nc1cccc(SC(CC)C(=O)Nc2cccc(Cl)c2Cl)c1. The van der Waals surface area contributed by atoms with Gasteiger partial charge < -0.3 is 10.6 Å². The molecule has 2 N–H and O–H groups in total. The molecule has 0 saturated heterocycles. The summed E-state index contributed by atoms with van der Waals surface area (Å²) in [5.41, 5.74) is 1.23. The van der Waals surface area contributed by atoms with E-state index in [9.17, 15) is 9.59 Å². The largest absolute Gasteiger partial charge is 0.326 e. The molecule has 2 aromatic rings. The molecule has 0 bridgehead atoms. The van der Waals surface area contributed by atoms with E-state index in [1.165, 1.54) is 11.8 Å². The van der Waals surface area contributed by atoms with Crippen molar-refractivity contribution >= 4 is 58.2 Å². The lowest BCUT2D eigenvalue weighted by Crippen LogP contribution is -2.24. The summed E-state index contributed by atoms with van der Waals surface area (Å²) in [4.78, 5) is 25.5. The van der Waals surface area contributed by atoms with Crippen LogP contribution in [0.25, 0.3) is 0 Å². The van der Waals surface area contributed by atoms with Gasteiger partial charge in [0.1, 0.15) is 0 Å². The van der Waals surface area contributed by atoms with Crippen molar-refractivity contribution in [2.24, 2.45) is 0 Å². The Kier molecular flexibility index (Phi) is 9.16. The Balaban J connectivity index is 2.03. The third-order valence-corrected chi connectivity index (χ3v) is 6.20. The number of anilines is 2. The number of hydrogen-bond acceptors (Lipinski definition) is 3. The van der Waals surface area contributed by atoms with Gasteiger partial charge in [-0.3, -0.25) is 9.59 Å². The van der Waals surface area contributed by atoms with E-state index in [0.29, 0.717) is 28.6 Å². The van der Waals surface area contributed by atoms with E-state index in [2.05, 4.69) is 17.6 Å². The molecule has 0 heterocycles. The molecule has 28 heavy (non-hydrogen) atoms. The molecule has 2 aromatic carbocycles. The molecule has 0 fully saturated rings. The van der Waals surface area contributed by atoms with Crippen molar-refractivity contribution in [3.05, 3.63) is 52.5 Å². The van der Waals surface area contributed by atoms with Crippen molar-refractivity contribution < 1.29 is 9.59 Å². The average molecular weight is 439 g/mol. The van der Waals surface area contributed by atoms with Gasteiger partial charge in [0.25, 0.3) is 0 Å². The fourth-order valence-corrected chi connectivity index (χ4v) is 3.87. The van der Waals surface area contributed by atoms with E-state index in [1.807, 2.05) is 31.2 Å². The summed E-state index contributed by atoms with van der Waals surface area (Å²) in [7, 11) is 0. The van der Waals surface area contributed by atoms with E-state index in [-0.39, 0.29) is 17.1 Å². The second kappa shape index (κ2) is 11.3. The summed E-state index contributed by atoms with van der Waals surface area (Å²) in [6.07, 6.45) is 2.99. The highest BCUT2D eigenvalue weighted by atomic mass is 35.5. The normalized spacial score (nSPS) is 11.7. The van der Waals surface area contributed by atoms with Gasteiger partial charge in [0.15, 0.2) is 0 Å². The van der Waals surface area contributed by atoms with Crippen LogP contribution in [0.1, 0.15) is 39.5 Å². The lowest BCUT2D eigenvalue weighted by Gasteiger charge is -2.16. The Morgan fingerprint density at radius 2 is 1.82 bits per heavy atom. The molecule has 1 unspecified atom stereocenters. The fraction of sp³-hybridized carbons (Fsp3) is 0.333. The van der Waals surface area contributed by atoms with E-state index in [0.717, 1.165) is 23.4 Å². The first-order chi connectivity index (χ1) is 13.4. The van der Waals surface area contributed by atoms with Gasteiger partial charge in [-0.2, -0.15) is 0 Å². The Morgan fingerprint density at radius 1 is 1.07 bits per heavy atom. The third kappa shape index (κ3) is 6.73. The number of carbonyl (C=O) groups excluding carboxylic acids is 2. The highest BCUT2D eigenvalue weighted by Gasteiger charge is 2.19. The maximum atomic E-state index is 12.7. The Bertz CT molecular complexity index is 830. The van der Waals surface area contributed by atoms with Crippen LogP contribution >= 0.6 is 35.0 Å². The Hall–Kier alpha value is -1.69. The summed E-state index contributed by atoms with van der Waals surface area (Å²) in [5, 5.41) is 6.17. The van der Waals surface area contributed by atoms with Gasteiger partial charge >= 0.3 is 0 Å². The van der Waals surface area contributed by atoms with Crippen molar-refractivity contribution in [3.63, 3.8) is 0 Å². The monoisotopic (exact) mass is 438 g/mol. The van der Waals surface area contributed by atoms with Crippen LogP contribution in [0.15, 0.2) is 47.4 Å².